The van der Waals surface area contributed by atoms with E-state index in [0.717, 1.165) is 25.1 Å². The van der Waals surface area contributed by atoms with E-state index in [4.69, 9.17) is 0 Å². The van der Waals surface area contributed by atoms with Crippen LogP contribution in [0.2, 0.25) is 0 Å². The molecule has 1 aromatic rings. The highest BCUT2D eigenvalue weighted by molar-refractivity contribution is 5.84. The van der Waals surface area contributed by atoms with Crippen molar-refractivity contribution in [3.05, 3.63) is 35.9 Å². The van der Waals surface area contributed by atoms with Crippen LogP contribution in [0.15, 0.2) is 30.3 Å². The molecule has 0 aromatic heterocycles. The lowest BCUT2D eigenvalue weighted by atomic mass is 9.87. The Morgan fingerprint density at radius 3 is 2.52 bits per heavy atom. The van der Waals surface area contributed by atoms with E-state index in [0.29, 0.717) is 12.8 Å². The fraction of sp³-hybridized carbons (Fsp3) is 0.529. The number of benzene rings is 1. The van der Waals surface area contributed by atoms with Crippen LogP contribution in [0.3, 0.4) is 0 Å². The van der Waals surface area contributed by atoms with E-state index in [2.05, 4.69) is 16.3 Å². The van der Waals surface area contributed by atoms with Gasteiger partial charge in [0.25, 0.3) is 0 Å². The molecular weight excluding hydrogens is 262 g/mol. The summed E-state index contributed by atoms with van der Waals surface area (Å²) in [5, 5.41) is 12.5. The third kappa shape index (κ3) is 3.62. The normalized spacial score (nSPS) is 19.5. The Kier molecular flexibility index (Phi) is 4.98. The summed E-state index contributed by atoms with van der Waals surface area (Å²) in [6.07, 6.45) is 2.12. The molecule has 1 atom stereocenters. The molecule has 2 rings (SSSR count). The van der Waals surface area contributed by atoms with E-state index < -0.39 is 5.54 Å². The van der Waals surface area contributed by atoms with E-state index in [9.17, 15) is 10.1 Å². The highest BCUT2D eigenvalue weighted by atomic mass is 16.2. The molecule has 112 valence electrons. The van der Waals surface area contributed by atoms with Gasteiger partial charge in [-0.2, -0.15) is 5.26 Å². The molecule has 1 aromatic carbocycles. The van der Waals surface area contributed by atoms with Crippen molar-refractivity contribution in [1.29, 1.82) is 5.26 Å². The molecule has 1 aliphatic heterocycles. The summed E-state index contributed by atoms with van der Waals surface area (Å²) in [7, 11) is 2.04. The van der Waals surface area contributed by atoms with Crippen molar-refractivity contribution in [3.63, 3.8) is 0 Å². The molecule has 0 spiro atoms. The number of rotatable bonds is 4. The van der Waals surface area contributed by atoms with E-state index in [1.54, 1.807) is 0 Å². The molecule has 21 heavy (non-hydrogen) atoms. The molecule has 4 heteroatoms. The Bertz CT molecular complexity index is 513. The van der Waals surface area contributed by atoms with Crippen LogP contribution in [0.5, 0.6) is 0 Å². The predicted molar refractivity (Wildman–Crippen MR) is 82.7 cm³/mol. The Hall–Kier alpha value is -1.86. The van der Waals surface area contributed by atoms with E-state index >= 15 is 0 Å². The maximum atomic E-state index is 12.6. The zero-order valence-electron chi connectivity index (χ0n) is 12.8. The quantitative estimate of drug-likeness (QED) is 0.923. The number of carbonyl (C=O) groups excluding carboxylic acids is 1. The van der Waals surface area contributed by atoms with Crippen molar-refractivity contribution in [2.75, 3.05) is 20.1 Å². The van der Waals surface area contributed by atoms with Gasteiger partial charge in [0.2, 0.25) is 5.91 Å². The summed E-state index contributed by atoms with van der Waals surface area (Å²) in [5.74, 6) is -0.217. The molecule has 1 saturated heterocycles. The molecule has 4 nitrogen and oxygen atoms in total. The second-order valence-corrected chi connectivity index (χ2v) is 5.86. The van der Waals surface area contributed by atoms with Crippen LogP contribution in [0.25, 0.3) is 0 Å². The summed E-state index contributed by atoms with van der Waals surface area (Å²) >= 11 is 0. The third-order valence-electron chi connectivity index (χ3n) is 4.34. The number of amides is 1. The monoisotopic (exact) mass is 285 g/mol. The zero-order valence-corrected chi connectivity index (χ0v) is 12.8. The molecule has 1 aliphatic rings. The van der Waals surface area contributed by atoms with Crippen molar-refractivity contribution in [1.82, 2.24) is 10.2 Å². The van der Waals surface area contributed by atoms with Gasteiger partial charge in [-0.25, -0.2) is 0 Å². The van der Waals surface area contributed by atoms with Crippen LogP contribution in [0.4, 0.5) is 0 Å². The Morgan fingerprint density at radius 1 is 1.38 bits per heavy atom. The second-order valence-electron chi connectivity index (χ2n) is 5.86. The SMILES string of the molecule is CCC(C(=O)NC1(C#N)CCN(C)CC1)c1ccccc1. The first-order chi connectivity index (χ1) is 10.1. The van der Waals surface area contributed by atoms with E-state index in [-0.39, 0.29) is 11.8 Å². The summed E-state index contributed by atoms with van der Waals surface area (Å²) in [4.78, 5) is 14.8. The van der Waals surface area contributed by atoms with Gasteiger partial charge in [0, 0.05) is 13.1 Å². The number of nitriles is 1. The number of likely N-dealkylation sites (tertiary alicyclic amines) is 1. The van der Waals surface area contributed by atoms with Gasteiger partial charge in [-0.1, -0.05) is 37.3 Å². The van der Waals surface area contributed by atoms with Crippen molar-refractivity contribution in [2.45, 2.75) is 37.6 Å². The predicted octanol–water partition coefficient (Wildman–Crippen LogP) is 2.28. The van der Waals surface area contributed by atoms with Gasteiger partial charge >= 0.3 is 0 Å². The van der Waals surface area contributed by atoms with Gasteiger partial charge in [-0.3, -0.25) is 4.79 Å². The van der Waals surface area contributed by atoms with Gasteiger partial charge in [0.05, 0.1) is 12.0 Å². The minimum atomic E-state index is -0.703. The summed E-state index contributed by atoms with van der Waals surface area (Å²) < 4.78 is 0. The highest BCUT2D eigenvalue weighted by Crippen LogP contribution is 2.25. The second kappa shape index (κ2) is 6.73. The molecule has 0 aliphatic carbocycles. The van der Waals surface area contributed by atoms with Gasteiger partial charge in [-0.05, 0) is 31.9 Å². The summed E-state index contributed by atoms with van der Waals surface area (Å²) in [5.41, 5.74) is 0.310. The first-order valence-electron chi connectivity index (χ1n) is 7.57. The Balaban J connectivity index is 2.10. The van der Waals surface area contributed by atoms with Crippen LogP contribution in [0, 0.1) is 11.3 Å². The molecule has 1 amide bonds. The lowest BCUT2D eigenvalue weighted by Crippen LogP contribution is -2.54. The highest BCUT2D eigenvalue weighted by Gasteiger charge is 2.36. The number of carbonyl (C=O) groups is 1. The van der Waals surface area contributed by atoms with E-state index in [1.165, 1.54) is 0 Å². The van der Waals surface area contributed by atoms with Gasteiger partial charge in [-0.15, -0.1) is 0 Å². The zero-order chi connectivity index (χ0) is 15.3. The fourth-order valence-electron chi connectivity index (χ4n) is 2.85. The lowest BCUT2D eigenvalue weighted by molar-refractivity contribution is -0.124. The Labute approximate surface area is 126 Å². The molecule has 1 unspecified atom stereocenters. The first kappa shape index (κ1) is 15.5. The number of nitrogens with one attached hydrogen (secondary N) is 1. The van der Waals surface area contributed by atoms with Gasteiger partial charge < -0.3 is 10.2 Å². The number of hydrogen-bond donors (Lipinski definition) is 1. The van der Waals surface area contributed by atoms with Crippen LogP contribution < -0.4 is 5.32 Å². The number of hydrogen-bond acceptors (Lipinski definition) is 3. The largest absolute Gasteiger partial charge is 0.337 e. The molecule has 1 heterocycles. The topological polar surface area (TPSA) is 56.1 Å². The van der Waals surface area contributed by atoms with Crippen LogP contribution in [-0.4, -0.2) is 36.5 Å². The smallest absolute Gasteiger partial charge is 0.228 e. The van der Waals surface area contributed by atoms with Gasteiger partial charge in [0.1, 0.15) is 5.54 Å². The minimum absolute atomic E-state index is 0.0326. The molecule has 0 bridgehead atoms. The lowest BCUT2D eigenvalue weighted by Gasteiger charge is -2.36. The molecular formula is C17H23N3O. The van der Waals surface area contributed by atoms with Crippen LogP contribution in [0.1, 0.15) is 37.7 Å². The number of nitrogens with zero attached hydrogens (tertiary/aromatic N) is 2. The van der Waals surface area contributed by atoms with Crippen LogP contribution in [-0.2, 0) is 4.79 Å². The molecule has 0 radical (unpaired) electrons. The third-order valence-corrected chi connectivity index (χ3v) is 4.34. The fourth-order valence-corrected chi connectivity index (χ4v) is 2.85. The molecule has 1 fully saturated rings. The average Bonchev–Trinajstić information content (AvgIpc) is 2.52. The molecule has 1 N–H and O–H groups in total. The average molecular weight is 285 g/mol. The standard InChI is InChI=1S/C17H23N3O/c1-3-15(14-7-5-4-6-8-14)16(21)19-17(13-18)9-11-20(2)12-10-17/h4-8,15H,3,9-12H2,1-2H3,(H,19,21). The first-order valence-corrected chi connectivity index (χ1v) is 7.57. The molecule has 0 saturated carbocycles. The maximum Gasteiger partial charge on any atom is 0.228 e. The Morgan fingerprint density at radius 2 is 2.00 bits per heavy atom. The van der Waals surface area contributed by atoms with E-state index in [1.807, 2.05) is 44.3 Å². The van der Waals surface area contributed by atoms with Crippen molar-refractivity contribution >= 4 is 5.91 Å². The summed E-state index contributed by atoms with van der Waals surface area (Å²) in [6, 6.07) is 12.1. The summed E-state index contributed by atoms with van der Waals surface area (Å²) in [6.45, 7) is 3.69. The minimum Gasteiger partial charge on any atom is -0.337 e. The van der Waals surface area contributed by atoms with Crippen LogP contribution >= 0.6 is 0 Å². The maximum absolute atomic E-state index is 12.6. The van der Waals surface area contributed by atoms with Gasteiger partial charge in [0.15, 0.2) is 0 Å². The van der Waals surface area contributed by atoms with Crippen molar-refractivity contribution in [2.24, 2.45) is 0 Å². The van der Waals surface area contributed by atoms with Crippen molar-refractivity contribution < 1.29 is 4.79 Å². The number of piperidine rings is 1. The van der Waals surface area contributed by atoms with Crippen molar-refractivity contribution in [3.8, 4) is 6.07 Å².